The third-order valence-electron chi connectivity index (χ3n) is 4.26. The van der Waals surface area contributed by atoms with E-state index in [0.717, 1.165) is 31.2 Å². The molecule has 1 aliphatic rings. The highest BCUT2D eigenvalue weighted by molar-refractivity contribution is 6.35. The standard InChI is InChI=1S/C16H22Cl2N2O/c1-10-4-3-7-16(19,9-10)15(21)20-11(2)13-6-5-12(17)8-14(13)18/h5-6,8,10-11H,3-4,7,9,19H2,1-2H3,(H,20,21). The van der Waals surface area contributed by atoms with E-state index in [1.54, 1.807) is 12.1 Å². The first-order valence-electron chi connectivity index (χ1n) is 7.36. The van der Waals surface area contributed by atoms with Gasteiger partial charge in [0.25, 0.3) is 0 Å². The lowest BCUT2D eigenvalue weighted by atomic mass is 9.76. The molecule has 1 amide bonds. The van der Waals surface area contributed by atoms with Gasteiger partial charge < -0.3 is 11.1 Å². The van der Waals surface area contributed by atoms with Crippen LogP contribution in [0.4, 0.5) is 0 Å². The Labute approximate surface area is 136 Å². The van der Waals surface area contributed by atoms with E-state index in [2.05, 4.69) is 12.2 Å². The highest BCUT2D eigenvalue weighted by Crippen LogP contribution is 2.32. The van der Waals surface area contributed by atoms with Crippen molar-refractivity contribution < 1.29 is 4.79 Å². The van der Waals surface area contributed by atoms with Gasteiger partial charge in [-0.15, -0.1) is 0 Å². The molecule has 2 rings (SSSR count). The van der Waals surface area contributed by atoms with Gasteiger partial charge in [0.2, 0.25) is 5.91 Å². The number of nitrogens with one attached hydrogen (secondary N) is 1. The maximum absolute atomic E-state index is 12.5. The monoisotopic (exact) mass is 328 g/mol. The normalized spacial score (nSPS) is 27.2. The summed E-state index contributed by atoms with van der Waals surface area (Å²) in [6, 6.07) is 5.09. The molecule has 1 aromatic carbocycles. The lowest BCUT2D eigenvalue weighted by molar-refractivity contribution is -0.128. The molecular weight excluding hydrogens is 307 g/mol. The van der Waals surface area contributed by atoms with Gasteiger partial charge in [0.05, 0.1) is 11.6 Å². The predicted molar refractivity (Wildman–Crippen MR) is 87.6 cm³/mol. The van der Waals surface area contributed by atoms with Crippen molar-refractivity contribution in [2.45, 2.75) is 51.1 Å². The Bertz CT molecular complexity index is 535. The van der Waals surface area contributed by atoms with Crippen LogP contribution in [-0.2, 0) is 4.79 Å². The van der Waals surface area contributed by atoms with Crippen LogP contribution in [0, 0.1) is 5.92 Å². The Morgan fingerprint density at radius 3 is 2.81 bits per heavy atom. The highest BCUT2D eigenvalue weighted by atomic mass is 35.5. The van der Waals surface area contributed by atoms with Crippen LogP contribution >= 0.6 is 23.2 Å². The molecule has 0 saturated heterocycles. The number of amides is 1. The van der Waals surface area contributed by atoms with Crippen molar-refractivity contribution in [3.63, 3.8) is 0 Å². The maximum atomic E-state index is 12.5. The average molecular weight is 329 g/mol. The summed E-state index contributed by atoms with van der Waals surface area (Å²) in [6.45, 7) is 4.05. The van der Waals surface area contributed by atoms with E-state index in [4.69, 9.17) is 28.9 Å². The quantitative estimate of drug-likeness (QED) is 0.878. The first-order valence-corrected chi connectivity index (χ1v) is 8.12. The topological polar surface area (TPSA) is 55.1 Å². The number of carbonyl (C=O) groups excluding carboxylic acids is 1. The molecular formula is C16H22Cl2N2O. The fourth-order valence-corrected chi connectivity index (χ4v) is 3.64. The van der Waals surface area contributed by atoms with Crippen LogP contribution in [0.3, 0.4) is 0 Å². The van der Waals surface area contributed by atoms with Crippen LogP contribution < -0.4 is 11.1 Å². The highest BCUT2D eigenvalue weighted by Gasteiger charge is 2.38. The second-order valence-electron chi connectivity index (χ2n) is 6.22. The lowest BCUT2D eigenvalue weighted by Crippen LogP contribution is -2.56. The zero-order valence-electron chi connectivity index (χ0n) is 12.5. The molecule has 1 fully saturated rings. The first kappa shape index (κ1) is 16.6. The minimum absolute atomic E-state index is 0.0902. The predicted octanol–water partition coefficient (Wildman–Crippen LogP) is 4.08. The van der Waals surface area contributed by atoms with Crippen molar-refractivity contribution in [2.24, 2.45) is 11.7 Å². The summed E-state index contributed by atoms with van der Waals surface area (Å²) in [5, 5.41) is 4.13. The van der Waals surface area contributed by atoms with E-state index >= 15 is 0 Å². The van der Waals surface area contributed by atoms with Crippen LogP contribution in [0.15, 0.2) is 18.2 Å². The summed E-state index contributed by atoms with van der Waals surface area (Å²) in [5.41, 5.74) is 6.41. The molecule has 0 heterocycles. The third kappa shape index (κ3) is 3.91. The fourth-order valence-electron chi connectivity index (χ4n) is 3.07. The lowest BCUT2D eigenvalue weighted by Gasteiger charge is -2.36. The Morgan fingerprint density at radius 1 is 1.48 bits per heavy atom. The fraction of sp³-hybridized carbons (Fsp3) is 0.562. The number of hydrogen-bond donors (Lipinski definition) is 2. The summed E-state index contributed by atoms with van der Waals surface area (Å²) in [5.74, 6) is 0.400. The van der Waals surface area contributed by atoms with Crippen molar-refractivity contribution in [3.05, 3.63) is 33.8 Å². The van der Waals surface area contributed by atoms with Crippen molar-refractivity contribution >= 4 is 29.1 Å². The minimum atomic E-state index is -0.759. The van der Waals surface area contributed by atoms with Gasteiger partial charge in [-0.1, -0.05) is 49.0 Å². The van der Waals surface area contributed by atoms with E-state index in [0.29, 0.717) is 16.0 Å². The summed E-state index contributed by atoms with van der Waals surface area (Å²) in [6.07, 6.45) is 3.62. The number of halogens is 2. The summed E-state index contributed by atoms with van der Waals surface area (Å²) >= 11 is 12.1. The first-order chi connectivity index (χ1) is 9.82. The van der Waals surface area contributed by atoms with Gasteiger partial charge in [-0.3, -0.25) is 4.79 Å². The molecule has 0 spiro atoms. The molecule has 116 valence electrons. The van der Waals surface area contributed by atoms with E-state index in [-0.39, 0.29) is 11.9 Å². The van der Waals surface area contributed by atoms with Crippen LogP contribution in [0.2, 0.25) is 10.0 Å². The van der Waals surface area contributed by atoms with Crippen molar-refractivity contribution in [1.29, 1.82) is 0 Å². The van der Waals surface area contributed by atoms with Crippen molar-refractivity contribution in [3.8, 4) is 0 Å². The molecule has 3 atom stereocenters. The van der Waals surface area contributed by atoms with Crippen LogP contribution in [-0.4, -0.2) is 11.4 Å². The SMILES string of the molecule is CC1CCCC(N)(C(=O)NC(C)c2ccc(Cl)cc2Cl)C1. The zero-order valence-corrected chi connectivity index (χ0v) is 14.0. The van der Waals surface area contributed by atoms with Crippen molar-refractivity contribution in [1.82, 2.24) is 5.32 Å². The molecule has 0 aliphatic heterocycles. The zero-order chi connectivity index (χ0) is 15.6. The molecule has 5 heteroatoms. The van der Waals surface area contributed by atoms with E-state index < -0.39 is 5.54 Å². The Morgan fingerprint density at radius 2 is 2.19 bits per heavy atom. The summed E-state index contributed by atoms with van der Waals surface area (Å²) in [4.78, 5) is 12.5. The molecule has 0 radical (unpaired) electrons. The van der Waals surface area contributed by atoms with E-state index in [9.17, 15) is 4.79 Å². The molecule has 1 saturated carbocycles. The molecule has 1 aromatic rings. The Kier molecular flexibility index (Phi) is 5.18. The maximum Gasteiger partial charge on any atom is 0.240 e. The van der Waals surface area contributed by atoms with Gasteiger partial charge >= 0.3 is 0 Å². The van der Waals surface area contributed by atoms with Gasteiger partial charge in [0, 0.05) is 10.0 Å². The smallest absolute Gasteiger partial charge is 0.240 e. The molecule has 21 heavy (non-hydrogen) atoms. The van der Waals surface area contributed by atoms with E-state index in [1.165, 1.54) is 0 Å². The molecule has 3 nitrogen and oxygen atoms in total. The molecule has 0 aromatic heterocycles. The van der Waals surface area contributed by atoms with Gasteiger partial charge in [0.15, 0.2) is 0 Å². The Hall–Kier alpha value is -0.770. The third-order valence-corrected chi connectivity index (χ3v) is 4.82. The van der Waals surface area contributed by atoms with Crippen LogP contribution in [0.1, 0.15) is 51.1 Å². The summed E-state index contributed by atoms with van der Waals surface area (Å²) < 4.78 is 0. The number of rotatable bonds is 3. The van der Waals surface area contributed by atoms with Crippen molar-refractivity contribution in [2.75, 3.05) is 0 Å². The van der Waals surface area contributed by atoms with Crippen LogP contribution in [0.5, 0.6) is 0 Å². The van der Waals surface area contributed by atoms with Gasteiger partial charge in [-0.25, -0.2) is 0 Å². The van der Waals surface area contributed by atoms with Gasteiger partial charge in [0.1, 0.15) is 0 Å². The number of hydrogen-bond acceptors (Lipinski definition) is 2. The van der Waals surface area contributed by atoms with E-state index in [1.807, 2.05) is 13.0 Å². The Balaban J connectivity index is 2.08. The molecule has 0 bridgehead atoms. The second kappa shape index (κ2) is 6.55. The number of benzene rings is 1. The largest absolute Gasteiger partial charge is 0.348 e. The molecule has 3 N–H and O–H groups in total. The number of carbonyl (C=O) groups is 1. The van der Waals surface area contributed by atoms with Gasteiger partial charge in [-0.2, -0.15) is 0 Å². The minimum Gasteiger partial charge on any atom is -0.348 e. The molecule has 3 unspecified atom stereocenters. The average Bonchev–Trinajstić information content (AvgIpc) is 2.37. The number of nitrogens with two attached hydrogens (primary N) is 1. The van der Waals surface area contributed by atoms with Gasteiger partial charge in [-0.05, 0) is 43.4 Å². The van der Waals surface area contributed by atoms with Crippen LogP contribution in [0.25, 0.3) is 0 Å². The molecule has 1 aliphatic carbocycles. The summed E-state index contributed by atoms with van der Waals surface area (Å²) in [7, 11) is 0. The second-order valence-corrected chi connectivity index (χ2v) is 7.06.